The van der Waals surface area contributed by atoms with E-state index in [2.05, 4.69) is 16.3 Å². The molecule has 2 amide bonds. The van der Waals surface area contributed by atoms with Gasteiger partial charge in [0.2, 0.25) is 5.91 Å². The Balaban J connectivity index is 1.26. The van der Waals surface area contributed by atoms with Crippen molar-refractivity contribution in [2.24, 2.45) is 0 Å². The highest BCUT2D eigenvalue weighted by atomic mass is 32.1. The topological polar surface area (TPSA) is 85.7 Å². The molecule has 1 saturated heterocycles. The molecule has 1 unspecified atom stereocenters. The van der Waals surface area contributed by atoms with Gasteiger partial charge >= 0.3 is 0 Å². The highest BCUT2D eigenvalue weighted by Gasteiger charge is 2.34. The van der Waals surface area contributed by atoms with Crippen LogP contribution in [-0.4, -0.2) is 49.0 Å². The summed E-state index contributed by atoms with van der Waals surface area (Å²) in [4.78, 5) is 31.1. The number of piperidine rings is 1. The molecule has 2 aromatic rings. The standard InChI is InChI=1S/C25H28N4O3S/c26-15-18-17-7-6-10-22(17)33-24(18)27-23(30)11-14-29-16-21(25(31)28-12-4-1-5-13-28)32-20-9-3-2-8-19(20)29/h2-3,8-9,21H,1,4-7,10-14,16H2,(H,27,30). The van der Waals surface area contributed by atoms with Crippen LogP contribution in [0.5, 0.6) is 5.75 Å². The molecule has 1 N–H and O–H groups in total. The van der Waals surface area contributed by atoms with E-state index in [9.17, 15) is 14.9 Å². The number of nitrogens with zero attached hydrogens (tertiary/aromatic N) is 3. The summed E-state index contributed by atoms with van der Waals surface area (Å²) in [7, 11) is 0. The van der Waals surface area contributed by atoms with E-state index >= 15 is 0 Å². The first-order chi connectivity index (χ1) is 16.1. The van der Waals surface area contributed by atoms with E-state index in [-0.39, 0.29) is 18.2 Å². The SMILES string of the molecule is N#Cc1c(NC(=O)CCN2CC(C(=O)N3CCCCC3)Oc3ccccc32)sc2c1CCC2. The molecule has 3 heterocycles. The number of aryl methyl sites for hydroxylation is 1. The van der Waals surface area contributed by atoms with Gasteiger partial charge in [-0.2, -0.15) is 5.26 Å². The number of carbonyl (C=O) groups is 2. The summed E-state index contributed by atoms with van der Waals surface area (Å²) in [5.74, 6) is 0.598. The summed E-state index contributed by atoms with van der Waals surface area (Å²) in [6.07, 6.45) is 5.94. The summed E-state index contributed by atoms with van der Waals surface area (Å²) in [5, 5.41) is 13.2. The van der Waals surface area contributed by atoms with E-state index in [0.29, 0.717) is 29.4 Å². The molecule has 2 aliphatic heterocycles. The predicted molar refractivity (Wildman–Crippen MR) is 128 cm³/mol. The van der Waals surface area contributed by atoms with Crippen molar-refractivity contribution < 1.29 is 14.3 Å². The number of benzene rings is 1. The third-order valence-corrected chi connectivity index (χ3v) is 7.91. The molecule has 5 rings (SSSR count). The summed E-state index contributed by atoms with van der Waals surface area (Å²) in [5.41, 5.74) is 2.64. The van der Waals surface area contributed by atoms with Gasteiger partial charge in [0.15, 0.2) is 6.10 Å². The molecule has 0 saturated carbocycles. The number of nitrogens with one attached hydrogen (secondary N) is 1. The van der Waals surface area contributed by atoms with Gasteiger partial charge in [0.1, 0.15) is 16.8 Å². The van der Waals surface area contributed by atoms with Gasteiger partial charge in [-0.1, -0.05) is 12.1 Å². The zero-order chi connectivity index (χ0) is 22.8. The number of para-hydroxylation sites is 2. The summed E-state index contributed by atoms with van der Waals surface area (Å²) < 4.78 is 6.08. The molecule has 0 radical (unpaired) electrons. The molecule has 1 atom stereocenters. The van der Waals surface area contributed by atoms with E-state index in [0.717, 1.165) is 56.4 Å². The van der Waals surface area contributed by atoms with Crippen molar-refractivity contribution in [3.05, 3.63) is 40.3 Å². The van der Waals surface area contributed by atoms with Crippen molar-refractivity contribution in [2.45, 2.75) is 51.0 Å². The number of ether oxygens (including phenoxy) is 1. The summed E-state index contributed by atoms with van der Waals surface area (Å²) in [6.45, 7) is 2.48. The van der Waals surface area contributed by atoms with Crippen LogP contribution in [-0.2, 0) is 22.4 Å². The normalized spacial score (nSPS) is 19.3. The monoisotopic (exact) mass is 464 g/mol. The number of hydrogen-bond acceptors (Lipinski definition) is 6. The van der Waals surface area contributed by atoms with E-state index in [1.165, 1.54) is 22.6 Å². The zero-order valence-corrected chi connectivity index (χ0v) is 19.5. The van der Waals surface area contributed by atoms with Gasteiger partial charge in [0.25, 0.3) is 5.91 Å². The molecule has 0 spiro atoms. The number of hydrogen-bond donors (Lipinski definition) is 1. The lowest BCUT2D eigenvalue weighted by Gasteiger charge is -2.38. The highest BCUT2D eigenvalue weighted by molar-refractivity contribution is 7.16. The number of likely N-dealkylation sites (tertiary alicyclic amines) is 1. The summed E-state index contributed by atoms with van der Waals surface area (Å²) >= 11 is 1.53. The second kappa shape index (κ2) is 9.44. The van der Waals surface area contributed by atoms with Crippen LogP contribution in [0, 0.1) is 11.3 Å². The number of rotatable bonds is 5. The fraction of sp³-hybridized carbons (Fsp3) is 0.480. The first-order valence-electron chi connectivity index (χ1n) is 11.8. The number of anilines is 2. The van der Waals surface area contributed by atoms with Gasteiger partial charge in [-0.25, -0.2) is 0 Å². The Morgan fingerprint density at radius 2 is 1.97 bits per heavy atom. The lowest BCUT2D eigenvalue weighted by molar-refractivity contribution is -0.139. The smallest absolute Gasteiger partial charge is 0.265 e. The number of nitriles is 1. The van der Waals surface area contributed by atoms with E-state index in [4.69, 9.17) is 4.74 Å². The summed E-state index contributed by atoms with van der Waals surface area (Å²) in [6, 6.07) is 9.96. The third kappa shape index (κ3) is 4.42. The minimum absolute atomic E-state index is 0.0328. The fourth-order valence-corrected chi connectivity index (χ4v) is 6.26. The first kappa shape index (κ1) is 21.8. The van der Waals surface area contributed by atoms with Gasteiger partial charge in [-0.3, -0.25) is 9.59 Å². The van der Waals surface area contributed by atoms with Crippen LogP contribution in [0.15, 0.2) is 24.3 Å². The van der Waals surface area contributed by atoms with Crippen LogP contribution in [0.1, 0.15) is 48.1 Å². The van der Waals surface area contributed by atoms with E-state index in [1.807, 2.05) is 29.2 Å². The highest BCUT2D eigenvalue weighted by Crippen LogP contribution is 2.39. The van der Waals surface area contributed by atoms with Crippen molar-refractivity contribution in [3.8, 4) is 11.8 Å². The Kier molecular flexibility index (Phi) is 6.23. The minimum Gasteiger partial charge on any atom is -0.477 e. The molecule has 7 nitrogen and oxygen atoms in total. The van der Waals surface area contributed by atoms with E-state index < -0.39 is 6.10 Å². The molecule has 33 heavy (non-hydrogen) atoms. The first-order valence-corrected chi connectivity index (χ1v) is 12.6. The average Bonchev–Trinajstić information content (AvgIpc) is 3.43. The largest absolute Gasteiger partial charge is 0.477 e. The Bertz CT molecular complexity index is 1100. The molecule has 1 aliphatic carbocycles. The van der Waals surface area contributed by atoms with Gasteiger partial charge in [0, 0.05) is 30.9 Å². The van der Waals surface area contributed by atoms with Crippen LogP contribution in [0.2, 0.25) is 0 Å². The van der Waals surface area contributed by atoms with Crippen molar-refractivity contribution in [3.63, 3.8) is 0 Å². The van der Waals surface area contributed by atoms with Crippen LogP contribution in [0.25, 0.3) is 0 Å². The average molecular weight is 465 g/mol. The van der Waals surface area contributed by atoms with Gasteiger partial charge in [-0.15, -0.1) is 11.3 Å². The molecule has 172 valence electrons. The quantitative estimate of drug-likeness (QED) is 0.729. The molecule has 1 fully saturated rings. The van der Waals surface area contributed by atoms with Crippen molar-refractivity contribution in [1.82, 2.24) is 4.90 Å². The molecular weight excluding hydrogens is 436 g/mol. The van der Waals surface area contributed by atoms with Crippen LogP contribution >= 0.6 is 11.3 Å². The predicted octanol–water partition coefficient (Wildman–Crippen LogP) is 3.72. The van der Waals surface area contributed by atoms with Gasteiger partial charge in [-0.05, 0) is 56.2 Å². The molecule has 1 aromatic heterocycles. The minimum atomic E-state index is -0.563. The molecular formula is C25H28N4O3S. The Morgan fingerprint density at radius 1 is 1.15 bits per heavy atom. The van der Waals surface area contributed by atoms with Crippen LogP contribution in [0.4, 0.5) is 10.7 Å². The number of amides is 2. The Hall–Kier alpha value is -3.05. The number of carbonyl (C=O) groups excluding carboxylic acids is 2. The number of thiophene rings is 1. The molecule has 3 aliphatic rings. The van der Waals surface area contributed by atoms with Gasteiger partial charge < -0.3 is 19.9 Å². The van der Waals surface area contributed by atoms with Crippen molar-refractivity contribution in [1.29, 1.82) is 5.26 Å². The second-order valence-corrected chi connectivity index (χ2v) is 9.98. The van der Waals surface area contributed by atoms with Crippen LogP contribution < -0.4 is 15.0 Å². The zero-order valence-electron chi connectivity index (χ0n) is 18.6. The fourth-order valence-electron chi connectivity index (χ4n) is 5.00. The third-order valence-electron chi connectivity index (χ3n) is 6.70. The van der Waals surface area contributed by atoms with Crippen molar-refractivity contribution >= 4 is 33.8 Å². The molecule has 8 heteroatoms. The lowest BCUT2D eigenvalue weighted by atomic mass is 10.1. The lowest BCUT2D eigenvalue weighted by Crippen LogP contribution is -2.51. The number of fused-ring (bicyclic) bond motifs is 2. The van der Waals surface area contributed by atoms with Gasteiger partial charge in [0.05, 0.1) is 17.8 Å². The Morgan fingerprint density at radius 3 is 2.79 bits per heavy atom. The van der Waals surface area contributed by atoms with Crippen LogP contribution in [0.3, 0.4) is 0 Å². The Labute approximate surface area is 197 Å². The maximum absolute atomic E-state index is 13.1. The maximum Gasteiger partial charge on any atom is 0.265 e. The van der Waals surface area contributed by atoms with E-state index in [1.54, 1.807) is 0 Å². The maximum atomic E-state index is 13.1. The molecule has 0 bridgehead atoms. The molecule has 1 aromatic carbocycles. The van der Waals surface area contributed by atoms with Crippen molar-refractivity contribution in [2.75, 3.05) is 36.4 Å². The second-order valence-electron chi connectivity index (χ2n) is 8.88.